The van der Waals surface area contributed by atoms with E-state index < -0.39 is 11.6 Å². The van der Waals surface area contributed by atoms with Gasteiger partial charge in [-0.25, -0.2) is 4.79 Å². The lowest BCUT2D eigenvalue weighted by molar-refractivity contribution is -0.131. The maximum absolute atomic E-state index is 12.8. The molecular formula is C17H17N3O3. The van der Waals surface area contributed by atoms with E-state index in [-0.39, 0.29) is 12.5 Å². The first-order valence-corrected chi connectivity index (χ1v) is 7.23. The highest BCUT2D eigenvalue weighted by Gasteiger charge is 2.49. The normalized spacial score (nSPS) is 20.5. The number of amides is 3. The Bertz CT molecular complexity index is 748. The lowest BCUT2D eigenvalue weighted by Crippen LogP contribution is -2.41. The third-order valence-electron chi connectivity index (χ3n) is 3.93. The van der Waals surface area contributed by atoms with Crippen LogP contribution in [0, 0.1) is 0 Å². The number of nitrogens with one attached hydrogen (secondary N) is 1. The van der Waals surface area contributed by atoms with E-state index in [1.54, 1.807) is 44.5 Å². The topological polar surface area (TPSA) is 71.5 Å². The molecule has 23 heavy (non-hydrogen) atoms. The van der Waals surface area contributed by atoms with Gasteiger partial charge in [0.05, 0.1) is 19.3 Å². The highest BCUT2D eigenvalue weighted by atomic mass is 16.5. The molecule has 1 aromatic carbocycles. The van der Waals surface area contributed by atoms with Crippen LogP contribution in [-0.2, 0) is 16.9 Å². The minimum absolute atomic E-state index is 0.185. The third-order valence-corrected chi connectivity index (χ3v) is 3.93. The quantitative estimate of drug-likeness (QED) is 0.877. The number of aromatic nitrogens is 1. The fourth-order valence-corrected chi connectivity index (χ4v) is 2.63. The molecule has 2 aromatic rings. The van der Waals surface area contributed by atoms with Gasteiger partial charge >= 0.3 is 6.03 Å². The molecule has 0 saturated carbocycles. The van der Waals surface area contributed by atoms with Crippen molar-refractivity contribution < 1.29 is 14.3 Å². The Morgan fingerprint density at radius 1 is 1.22 bits per heavy atom. The van der Waals surface area contributed by atoms with Crippen LogP contribution in [0.3, 0.4) is 0 Å². The predicted octanol–water partition coefficient (Wildman–Crippen LogP) is 2.06. The van der Waals surface area contributed by atoms with Crippen molar-refractivity contribution in [3.8, 4) is 5.75 Å². The number of hydrogen-bond donors (Lipinski definition) is 1. The molecule has 1 atom stereocenters. The Morgan fingerprint density at radius 2 is 2.04 bits per heavy atom. The highest BCUT2D eigenvalue weighted by Crippen LogP contribution is 2.28. The van der Waals surface area contributed by atoms with Crippen molar-refractivity contribution in [3.63, 3.8) is 0 Å². The molecule has 0 bridgehead atoms. The second-order valence-corrected chi connectivity index (χ2v) is 5.51. The van der Waals surface area contributed by atoms with Gasteiger partial charge in [0.2, 0.25) is 0 Å². The van der Waals surface area contributed by atoms with E-state index in [2.05, 4.69) is 10.3 Å². The molecule has 0 spiro atoms. The molecule has 1 aliphatic rings. The largest absolute Gasteiger partial charge is 0.497 e. The van der Waals surface area contributed by atoms with E-state index in [0.29, 0.717) is 11.4 Å². The number of rotatable bonds is 4. The van der Waals surface area contributed by atoms with Crippen LogP contribution >= 0.6 is 0 Å². The van der Waals surface area contributed by atoms with Crippen molar-refractivity contribution in [1.82, 2.24) is 15.2 Å². The van der Waals surface area contributed by atoms with Gasteiger partial charge < -0.3 is 10.1 Å². The lowest BCUT2D eigenvalue weighted by atomic mass is 9.97. The summed E-state index contributed by atoms with van der Waals surface area (Å²) in [6, 6.07) is 12.1. The van der Waals surface area contributed by atoms with Crippen molar-refractivity contribution in [2.45, 2.75) is 19.0 Å². The minimum Gasteiger partial charge on any atom is -0.497 e. The van der Waals surface area contributed by atoms with E-state index in [9.17, 15) is 9.59 Å². The van der Waals surface area contributed by atoms with Gasteiger partial charge in [0, 0.05) is 6.20 Å². The summed E-state index contributed by atoms with van der Waals surface area (Å²) in [5.74, 6) is 0.367. The van der Waals surface area contributed by atoms with Crippen LogP contribution in [-0.4, -0.2) is 28.9 Å². The van der Waals surface area contributed by atoms with Gasteiger partial charge in [0.25, 0.3) is 5.91 Å². The van der Waals surface area contributed by atoms with Crippen molar-refractivity contribution >= 4 is 11.9 Å². The van der Waals surface area contributed by atoms with Gasteiger partial charge in [-0.2, -0.15) is 0 Å². The zero-order valence-corrected chi connectivity index (χ0v) is 12.9. The summed E-state index contributed by atoms with van der Waals surface area (Å²) < 4.78 is 5.17. The van der Waals surface area contributed by atoms with Gasteiger partial charge in [0.15, 0.2) is 5.54 Å². The molecule has 118 valence electrons. The number of nitrogens with zero attached hydrogens (tertiary/aromatic N) is 2. The number of methoxy groups -OCH3 is 1. The molecule has 3 rings (SSSR count). The third kappa shape index (κ3) is 2.63. The molecule has 0 aliphatic carbocycles. The summed E-state index contributed by atoms with van der Waals surface area (Å²) in [7, 11) is 1.57. The fraction of sp³-hybridized carbons (Fsp3) is 0.235. The first kappa shape index (κ1) is 15.0. The number of benzene rings is 1. The second-order valence-electron chi connectivity index (χ2n) is 5.51. The molecule has 6 heteroatoms. The molecule has 3 amide bonds. The molecule has 1 saturated heterocycles. The van der Waals surface area contributed by atoms with Gasteiger partial charge in [-0.15, -0.1) is 0 Å². The number of imide groups is 1. The van der Waals surface area contributed by atoms with Crippen LogP contribution in [0.5, 0.6) is 5.75 Å². The van der Waals surface area contributed by atoms with Crippen molar-refractivity contribution in [3.05, 3.63) is 59.9 Å². The van der Waals surface area contributed by atoms with Crippen LogP contribution < -0.4 is 10.1 Å². The number of carbonyl (C=O) groups excluding carboxylic acids is 2. The number of urea groups is 1. The van der Waals surface area contributed by atoms with E-state index in [0.717, 1.165) is 5.56 Å². The molecule has 2 heterocycles. The fourth-order valence-electron chi connectivity index (χ4n) is 2.63. The lowest BCUT2D eigenvalue weighted by Gasteiger charge is -2.21. The van der Waals surface area contributed by atoms with E-state index in [1.807, 2.05) is 18.2 Å². The Hall–Kier alpha value is -2.89. The van der Waals surface area contributed by atoms with Crippen LogP contribution in [0.15, 0.2) is 48.7 Å². The maximum atomic E-state index is 12.8. The highest BCUT2D eigenvalue weighted by molar-refractivity contribution is 6.06. The summed E-state index contributed by atoms with van der Waals surface area (Å²) in [5, 5.41) is 2.74. The zero-order chi connectivity index (χ0) is 16.4. The van der Waals surface area contributed by atoms with Gasteiger partial charge in [-0.3, -0.25) is 14.7 Å². The van der Waals surface area contributed by atoms with E-state index >= 15 is 0 Å². The van der Waals surface area contributed by atoms with Crippen molar-refractivity contribution in [2.24, 2.45) is 0 Å². The average Bonchev–Trinajstić information content (AvgIpc) is 2.80. The number of carbonyl (C=O) groups is 2. The summed E-state index contributed by atoms with van der Waals surface area (Å²) >= 11 is 0. The molecule has 6 nitrogen and oxygen atoms in total. The second kappa shape index (κ2) is 5.72. The minimum atomic E-state index is -1.14. The predicted molar refractivity (Wildman–Crippen MR) is 83.7 cm³/mol. The average molecular weight is 311 g/mol. The van der Waals surface area contributed by atoms with Crippen LogP contribution in [0.25, 0.3) is 0 Å². The maximum Gasteiger partial charge on any atom is 0.325 e. The Balaban J connectivity index is 1.87. The Labute approximate surface area is 134 Å². The molecular weight excluding hydrogens is 294 g/mol. The van der Waals surface area contributed by atoms with Gasteiger partial charge in [-0.05, 0) is 36.8 Å². The van der Waals surface area contributed by atoms with Crippen molar-refractivity contribution in [1.29, 1.82) is 0 Å². The van der Waals surface area contributed by atoms with Gasteiger partial charge in [0.1, 0.15) is 5.75 Å². The van der Waals surface area contributed by atoms with Crippen LogP contribution in [0.2, 0.25) is 0 Å². The molecule has 0 unspecified atom stereocenters. The Morgan fingerprint density at radius 3 is 2.74 bits per heavy atom. The summed E-state index contributed by atoms with van der Waals surface area (Å²) in [5.41, 5.74) is 0.196. The van der Waals surface area contributed by atoms with Crippen LogP contribution in [0.4, 0.5) is 4.79 Å². The monoisotopic (exact) mass is 311 g/mol. The molecule has 1 N–H and O–H groups in total. The van der Waals surface area contributed by atoms with Crippen LogP contribution in [0.1, 0.15) is 18.2 Å². The summed E-state index contributed by atoms with van der Waals surface area (Å²) in [6.45, 7) is 1.85. The first-order valence-electron chi connectivity index (χ1n) is 7.23. The standard InChI is InChI=1S/C17H17N3O3/c1-17(14-8-3-4-9-18-14)15(21)20(16(22)19-17)11-12-6-5-7-13(10-12)23-2/h3-10H,11H2,1-2H3,(H,19,22)/t17-/m0/s1. The molecule has 1 fully saturated rings. The van der Waals surface area contributed by atoms with E-state index in [4.69, 9.17) is 4.74 Å². The number of pyridine rings is 1. The number of ether oxygens (including phenoxy) is 1. The molecule has 1 aromatic heterocycles. The zero-order valence-electron chi connectivity index (χ0n) is 12.9. The van der Waals surface area contributed by atoms with E-state index in [1.165, 1.54) is 4.90 Å². The summed E-state index contributed by atoms with van der Waals surface area (Å²) in [6.07, 6.45) is 1.60. The number of hydrogen-bond acceptors (Lipinski definition) is 4. The molecule has 0 radical (unpaired) electrons. The SMILES string of the molecule is COc1cccc(CN2C(=O)N[C@@](C)(c3ccccn3)C2=O)c1. The first-order chi connectivity index (χ1) is 11.0. The summed E-state index contributed by atoms with van der Waals surface area (Å²) in [4.78, 5) is 30.4. The van der Waals surface area contributed by atoms with Crippen molar-refractivity contribution in [2.75, 3.05) is 7.11 Å². The smallest absolute Gasteiger partial charge is 0.325 e. The Kier molecular flexibility index (Phi) is 3.73. The van der Waals surface area contributed by atoms with Gasteiger partial charge in [-0.1, -0.05) is 18.2 Å². The molecule has 1 aliphatic heterocycles.